The van der Waals surface area contributed by atoms with Crippen LogP contribution < -0.4 is 15.7 Å². The van der Waals surface area contributed by atoms with E-state index in [2.05, 4.69) is 79.6 Å². The molecule has 238 valence electrons. The van der Waals surface area contributed by atoms with Crippen LogP contribution in [0.5, 0.6) is 0 Å². The molecule has 0 amide bonds. The van der Waals surface area contributed by atoms with Crippen LogP contribution in [0, 0.1) is 11.7 Å². The fraction of sp³-hybridized carbons (Fsp3) is 0.286. The highest BCUT2D eigenvalue weighted by Crippen LogP contribution is 2.41. The quantitative estimate of drug-likeness (QED) is 0.201. The zero-order chi connectivity index (χ0) is 32.5. The summed E-state index contributed by atoms with van der Waals surface area (Å²) in [5.41, 5.74) is 0.592. The number of rotatable bonds is 9. The Morgan fingerprint density at radius 1 is 1.09 bits per heavy atom. The molecule has 2 aliphatic rings. The van der Waals surface area contributed by atoms with E-state index >= 15 is 0 Å². The van der Waals surface area contributed by atoms with E-state index in [1.807, 2.05) is 17.5 Å². The molecule has 1 aromatic heterocycles. The van der Waals surface area contributed by atoms with Crippen LogP contribution in [-0.2, 0) is 14.0 Å². The normalized spacial score (nSPS) is 20.4. The summed E-state index contributed by atoms with van der Waals surface area (Å²) in [5, 5.41) is 18.1. The molecule has 3 aromatic carbocycles. The number of halogens is 2. The van der Waals surface area contributed by atoms with Crippen molar-refractivity contribution in [3.8, 4) is 0 Å². The lowest BCUT2D eigenvalue weighted by atomic mass is 9.92. The first kappa shape index (κ1) is 32.3. The van der Waals surface area contributed by atoms with Gasteiger partial charge in [0.05, 0.1) is 29.0 Å². The first-order valence-corrected chi connectivity index (χ1v) is 18.3. The molecule has 3 unspecified atom stereocenters. The number of aliphatic carboxylic acids is 1. The highest BCUT2D eigenvalue weighted by Gasteiger charge is 2.51. The van der Waals surface area contributed by atoms with Crippen molar-refractivity contribution >= 4 is 53.4 Å². The second-order valence-corrected chi connectivity index (χ2v) is 18.1. The molecule has 3 heterocycles. The SMILES string of the molecule is CC(C)(C)[Si](OCC1COC(C2=C(C(=O)O)C(c3cccc(F)c3Cl)N=C(c3nccs3)N2)C1)(c1ccccc1)c1ccccc1. The van der Waals surface area contributed by atoms with Crippen molar-refractivity contribution < 1.29 is 23.5 Å². The van der Waals surface area contributed by atoms with Crippen molar-refractivity contribution in [2.45, 2.75) is 44.4 Å². The van der Waals surface area contributed by atoms with E-state index in [1.165, 1.54) is 33.8 Å². The summed E-state index contributed by atoms with van der Waals surface area (Å²) in [4.78, 5) is 21.9. The third-order valence-corrected chi connectivity index (χ3v) is 14.8. The Balaban J connectivity index is 1.33. The number of carboxylic acids is 1. The third-order valence-electron chi connectivity index (χ3n) is 8.57. The van der Waals surface area contributed by atoms with E-state index in [1.54, 1.807) is 12.3 Å². The molecule has 0 bridgehead atoms. The first-order chi connectivity index (χ1) is 22.1. The second kappa shape index (κ2) is 13.2. The van der Waals surface area contributed by atoms with E-state index < -0.39 is 32.2 Å². The fourth-order valence-corrected chi connectivity index (χ4v) is 11.9. The molecular weight excluding hydrogens is 641 g/mol. The average Bonchev–Trinajstić information content (AvgIpc) is 3.76. The summed E-state index contributed by atoms with van der Waals surface area (Å²) < 4.78 is 28.1. The Labute approximate surface area is 277 Å². The lowest BCUT2D eigenvalue weighted by Crippen LogP contribution is -2.66. The highest BCUT2D eigenvalue weighted by molar-refractivity contribution is 7.11. The number of carboxylic acid groups (broad SMARTS) is 1. The van der Waals surface area contributed by atoms with Crippen molar-refractivity contribution in [3.63, 3.8) is 0 Å². The van der Waals surface area contributed by atoms with Gasteiger partial charge >= 0.3 is 5.97 Å². The van der Waals surface area contributed by atoms with Crippen molar-refractivity contribution in [1.82, 2.24) is 10.3 Å². The third kappa shape index (κ3) is 6.07. The molecule has 0 saturated carbocycles. The lowest BCUT2D eigenvalue weighted by molar-refractivity contribution is -0.133. The standard InChI is InChI=1S/C35H35ClFN3O4SSi/c1-35(2,3)46(23-11-6-4-7-12-23,24-13-8-5-9-14-24)44-21-22-19-27(43-20-22)31-28(34(41)42)30(25-15-10-16-26(37)29(25)36)39-32(40-31)33-38-17-18-45-33/h4-18,22,27,30H,19-21H2,1-3H3,(H,39,40)(H,41,42). The molecule has 0 aliphatic carbocycles. The number of benzene rings is 3. The predicted octanol–water partition coefficient (Wildman–Crippen LogP) is 6.35. The molecule has 6 rings (SSSR count). The first-order valence-electron chi connectivity index (χ1n) is 15.1. The number of amidine groups is 1. The second-order valence-electron chi connectivity index (χ2n) is 12.5. The van der Waals surface area contributed by atoms with Crippen LogP contribution in [-0.4, -0.2) is 49.5 Å². The molecule has 7 nitrogen and oxygen atoms in total. The van der Waals surface area contributed by atoms with Gasteiger partial charge in [0, 0.05) is 29.7 Å². The van der Waals surface area contributed by atoms with E-state index in [9.17, 15) is 14.3 Å². The van der Waals surface area contributed by atoms with Gasteiger partial charge in [0.1, 0.15) is 11.9 Å². The van der Waals surface area contributed by atoms with Crippen molar-refractivity contribution in [1.29, 1.82) is 0 Å². The van der Waals surface area contributed by atoms with E-state index in [4.69, 9.17) is 25.8 Å². The summed E-state index contributed by atoms with van der Waals surface area (Å²) in [6, 6.07) is 24.2. The number of aromatic nitrogens is 1. The summed E-state index contributed by atoms with van der Waals surface area (Å²) in [6.45, 7) is 7.53. The maximum atomic E-state index is 14.6. The van der Waals surface area contributed by atoms with Gasteiger partial charge in [-0.3, -0.25) is 4.99 Å². The molecule has 11 heteroatoms. The van der Waals surface area contributed by atoms with Gasteiger partial charge in [0.2, 0.25) is 0 Å². The minimum Gasteiger partial charge on any atom is -0.478 e. The van der Waals surface area contributed by atoms with Gasteiger partial charge in [-0.25, -0.2) is 14.2 Å². The van der Waals surface area contributed by atoms with Crippen LogP contribution >= 0.6 is 22.9 Å². The van der Waals surface area contributed by atoms with Crippen LogP contribution in [0.4, 0.5) is 4.39 Å². The van der Waals surface area contributed by atoms with Crippen LogP contribution in [0.2, 0.25) is 10.1 Å². The molecule has 0 spiro atoms. The Kier molecular flexibility index (Phi) is 9.27. The summed E-state index contributed by atoms with van der Waals surface area (Å²) in [5.74, 6) is -1.46. The smallest absolute Gasteiger partial charge is 0.336 e. The van der Waals surface area contributed by atoms with Gasteiger partial charge in [0.25, 0.3) is 8.32 Å². The number of ether oxygens (including phenoxy) is 1. The average molecular weight is 676 g/mol. The van der Waals surface area contributed by atoms with Crippen LogP contribution in [0.25, 0.3) is 0 Å². The maximum Gasteiger partial charge on any atom is 0.336 e. The van der Waals surface area contributed by atoms with Crippen molar-refractivity contribution in [2.24, 2.45) is 10.9 Å². The lowest BCUT2D eigenvalue weighted by Gasteiger charge is -2.43. The Morgan fingerprint density at radius 3 is 2.35 bits per heavy atom. The van der Waals surface area contributed by atoms with Crippen LogP contribution in [0.3, 0.4) is 0 Å². The van der Waals surface area contributed by atoms with Gasteiger partial charge in [-0.05, 0) is 27.9 Å². The number of carbonyl (C=O) groups is 1. The molecule has 2 N–H and O–H groups in total. The topological polar surface area (TPSA) is 93.0 Å². The molecule has 2 aliphatic heterocycles. The Hall–Kier alpha value is -3.67. The van der Waals surface area contributed by atoms with Gasteiger partial charge in [-0.15, -0.1) is 11.3 Å². The van der Waals surface area contributed by atoms with Crippen molar-refractivity contribution in [2.75, 3.05) is 13.2 Å². The molecule has 1 fully saturated rings. The highest BCUT2D eigenvalue weighted by atomic mass is 35.5. The van der Waals surface area contributed by atoms with Gasteiger partial charge in [-0.2, -0.15) is 0 Å². The number of thiazole rings is 1. The largest absolute Gasteiger partial charge is 0.478 e. The summed E-state index contributed by atoms with van der Waals surface area (Å²) in [6.07, 6.45) is 1.58. The molecular formula is C35H35ClFN3O4SSi. The van der Waals surface area contributed by atoms with E-state index in [-0.39, 0.29) is 27.1 Å². The molecule has 4 aromatic rings. The van der Waals surface area contributed by atoms with Crippen molar-refractivity contribution in [3.05, 3.63) is 123 Å². The van der Waals surface area contributed by atoms with Gasteiger partial charge in [0.15, 0.2) is 10.8 Å². The molecule has 3 atom stereocenters. The predicted molar refractivity (Wildman–Crippen MR) is 182 cm³/mol. The fourth-order valence-electron chi connectivity index (χ4n) is 6.47. The molecule has 0 radical (unpaired) electrons. The Bertz CT molecular complexity index is 1720. The number of hydrogen-bond acceptors (Lipinski definition) is 7. The summed E-state index contributed by atoms with van der Waals surface area (Å²) in [7, 11) is -2.78. The zero-order valence-electron chi connectivity index (χ0n) is 25.7. The van der Waals surface area contributed by atoms with Crippen LogP contribution in [0.15, 0.2) is 107 Å². The molecule has 1 saturated heterocycles. The minimum absolute atomic E-state index is 0.00520. The summed E-state index contributed by atoms with van der Waals surface area (Å²) >= 11 is 7.74. The zero-order valence-corrected chi connectivity index (χ0v) is 28.3. The van der Waals surface area contributed by atoms with Gasteiger partial charge < -0.3 is 19.6 Å². The van der Waals surface area contributed by atoms with Gasteiger partial charge in [-0.1, -0.05) is 105 Å². The number of nitrogens with one attached hydrogen (secondary N) is 1. The Morgan fingerprint density at radius 2 is 1.76 bits per heavy atom. The van der Waals surface area contributed by atoms with Crippen LogP contribution in [0.1, 0.15) is 43.8 Å². The van der Waals surface area contributed by atoms with E-state index in [0.29, 0.717) is 36.2 Å². The number of hydrogen-bond donors (Lipinski definition) is 2. The minimum atomic E-state index is -2.78. The molecule has 46 heavy (non-hydrogen) atoms. The number of aliphatic imine (C=N–C) groups is 1. The number of nitrogens with zero attached hydrogens (tertiary/aromatic N) is 2. The van der Waals surface area contributed by atoms with E-state index in [0.717, 1.165) is 0 Å². The monoisotopic (exact) mass is 675 g/mol. The maximum absolute atomic E-state index is 14.6.